The van der Waals surface area contributed by atoms with Gasteiger partial charge < -0.3 is 24.6 Å². The number of hydrogen-bond donors (Lipinski definition) is 2. The van der Waals surface area contributed by atoms with Crippen molar-refractivity contribution in [2.24, 2.45) is 0 Å². The molecule has 0 bridgehead atoms. The van der Waals surface area contributed by atoms with Crippen molar-refractivity contribution in [2.45, 2.75) is 52.7 Å². The molecule has 9 heteroatoms. The summed E-state index contributed by atoms with van der Waals surface area (Å²) in [4.78, 5) is 16.3. The van der Waals surface area contributed by atoms with Gasteiger partial charge in [-0.3, -0.25) is 0 Å². The van der Waals surface area contributed by atoms with Crippen LogP contribution in [0.3, 0.4) is 0 Å². The minimum atomic E-state index is -1.11. The zero-order chi connectivity index (χ0) is 29.5. The van der Waals surface area contributed by atoms with E-state index in [9.17, 15) is 9.90 Å². The van der Waals surface area contributed by atoms with Gasteiger partial charge in [-0.1, -0.05) is 30.3 Å². The quantitative estimate of drug-likeness (QED) is 0.293. The first kappa shape index (κ1) is 29.3. The molecule has 9 nitrogen and oxygen atoms in total. The molecule has 1 fully saturated rings. The third-order valence-electron chi connectivity index (χ3n) is 7.71. The maximum atomic E-state index is 11.5. The average molecular weight is 571 g/mol. The minimum absolute atomic E-state index is 0.0273. The van der Waals surface area contributed by atoms with E-state index in [2.05, 4.69) is 29.5 Å². The maximum Gasteiger partial charge on any atom is 0.342 e. The fourth-order valence-electron chi connectivity index (χ4n) is 5.39. The Hall–Kier alpha value is -4.21. The second kappa shape index (κ2) is 13.6. The highest BCUT2D eigenvalue weighted by molar-refractivity contribution is 5.90. The van der Waals surface area contributed by atoms with Gasteiger partial charge in [0.15, 0.2) is 5.82 Å². The molecule has 2 N–H and O–H groups in total. The number of methoxy groups -OCH3 is 1. The molecule has 0 amide bonds. The summed E-state index contributed by atoms with van der Waals surface area (Å²) >= 11 is 0. The molecule has 2 aromatic carbocycles. The van der Waals surface area contributed by atoms with Gasteiger partial charge in [0.1, 0.15) is 17.9 Å². The van der Waals surface area contributed by atoms with E-state index in [0.29, 0.717) is 18.1 Å². The van der Waals surface area contributed by atoms with Gasteiger partial charge in [-0.2, -0.15) is 9.78 Å². The number of carbonyl (C=O) groups is 1. The standard InChI is InChI=1S/C28H28N4O4.C5H10O/c1-17-6-4-7-22(26(17)36-16-20-11-10-19-14-29-13-12-21(19)18(20)2)24-8-5-9-25(31-24)32-27(35-3)23(15-30-32)28(33)34;1-2-4-6-5-3-1/h4-11,15,29H,12-14,16H2,1-3H3,(H,33,34);1-5H2. The summed E-state index contributed by atoms with van der Waals surface area (Å²) in [6.07, 6.45) is 6.22. The van der Waals surface area contributed by atoms with E-state index >= 15 is 0 Å². The summed E-state index contributed by atoms with van der Waals surface area (Å²) in [7, 11) is 1.41. The number of nitrogens with zero attached hydrogens (tertiary/aromatic N) is 3. The number of para-hydroxylation sites is 1. The van der Waals surface area contributed by atoms with Gasteiger partial charge in [0, 0.05) is 25.3 Å². The smallest absolute Gasteiger partial charge is 0.342 e. The molecule has 6 rings (SSSR count). The molecule has 220 valence electrons. The molecule has 4 aromatic rings. The molecular formula is C33H38N4O5. The fraction of sp³-hybridized carbons (Fsp3) is 0.364. The normalized spacial score (nSPS) is 14.4. The second-order valence-corrected chi connectivity index (χ2v) is 10.5. The van der Waals surface area contributed by atoms with Gasteiger partial charge >= 0.3 is 5.97 Å². The summed E-state index contributed by atoms with van der Waals surface area (Å²) < 4.78 is 18.2. The Morgan fingerprint density at radius 1 is 1.07 bits per heavy atom. The van der Waals surface area contributed by atoms with Crippen LogP contribution in [0.15, 0.2) is 54.7 Å². The lowest BCUT2D eigenvalue weighted by atomic mass is 9.93. The zero-order valence-electron chi connectivity index (χ0n) is 24.5. The van der Waals surface area contributed by atoms with E-state index in [1.54, 1.807) is 6.07 Å². The lowest BCUT2D eigenvalue weighted by Crippen LogP contribution is -2.24. The average Bonchev–Trinajstić information content (AvgIpc) is 3.47. The van der Waals surface area contributed by atoms with E-state index in [4.69, 9.17) is 19.2 Å². The molecule has 1 saturated heterocycles. The number of ether oxygens (including phenoxy) is 3. The third-order valence-corrected chi connectivity index (χ3v) is 7.71. The molecule has 0 atom stereocenters. The van der Waals surface area contributed by atoms with E-state index in [1.165, 1.54) is 59.5 Å². The number of rotatable bonds is 7. The number of carboxylic acid groups (broad SMARTS) is 1. The van der Waals surface area contributed by atoms with E-state index in [0.717, 1.165) is 49.6 Å². The molecule has 2 aliphatic heterocycles. The van der Waals surface area contributed by atoms with Crippen LogP contribution in [-0.2, 0) is 24.3 Å². The molecule has 0 spiro atoms. The van der Waals surface area contributed by atoms with Crippen molar-refractivity contribution in [2.75, 3.05) is 26.9 Å². The van der Waals surface area contributed by atoms with Crippen molar-refractivity contribution in [3.05, 3.63) is 88.1 Å². The summed E-state index contributed by atoms with van der Waals surface area (Å²) in [5.74, 6) is 0.214. The van der Waals surface area contributed by atoms with Gasteiger partial charge in [-0.25, -0.2) is 9.78 Å². The Labute approximate surface area is 246 Å². The number of aromatic carboxylic acids is 1. The second-order valence-electron chi connectivity index (χ2n) is 10.5. The van der Waals surface area contributed by atoms with Crippen molar-refractivity contribution >= 4 is 5.97 Å². The van der Waals surface area contributed by atoms with Crippen LogP contribution in [-0.4, -0.2) is 52.7 Å². The lowest BCUT2D eigenvalue weighted by molar-refractivity contribution is 0.0693. The SMILES string of the molecule is C1CCOCC1.COc1c(C(=O)O)cnn1-c1cccc(-c2cccc(C)c2OCc2ccc3c(c2C)CCNC3)n1. The van der Waals surface area contributed by atoms with E-state index in [-0.39, 0.29) is 11.4 Å². The van der Waals surface area contributed by atoms with Crippen LogP contribution in [0, 0.1) is 13.8 Å². The predicted molar refractivity (Wildman–Crippen MR) is 161 cm³/mol. The monoisotopic (exact) mass is 570 g/mol. The number of aromatic nitrogens is 3. The predicted octanol–water partition coefficient (Wildman–Crippen LogP) is 5.67. The van der Waals surface area contributed by atoms with Gasteiger partial charge in [0.25, 0.3) is 0 Å². The van der Waals surface area contributed by atoms with Crippen LogP contribution in [0.2, 0.25) is 0 Å². The van der Waals surface area contributed by atoms with Crippen LogP contribution in [0.25, 0.3) is 17.1 Å². The van der Waals surface area contributed by atoms with Gasteiger partial charge in [-0.05, 0) is 92.1 Å². The fourth-order valence-corrected chi connectivity index (χ4v) is 5.39. The molecule has 0 radical (unpaired) electrons. The first-order chi connectivity index (χ1) is 20.5. The van der Waals surface area contributed by atoms with Crippen LogP contribution >= 0.6 is 0 Å². The number of fused-ring (bicyclic) bond motifs is 1. The third kappa shape index (κ3) is 6.48. The molecule has 2 aliphatic rings. The van der Waals surface area contributed by atoms with Gasteiger partial charge in [0.2, 0.25) is 5.88 Å². The highest BCUT2D eigenvalue weighted by Gasteiger charge is 2.20. The topological polar surface area (TPSA) is 108 Å². The first-order valence-corrected chi connectivity index (χ1v) is 14.4. The lowest BCUT2D eigenvalue weighted by Gasteiger charge is -2.22. The number of benzene rings is 2. The Balaban J connectivity index is 0.000000524. The number of pyridine rings is 1. The molecule has 2 aromatic heterocycles. The number of nitrogens with one attached hydrogen (secondary N) is 1. The van der Waals surface area contributed by atoms with Gasteiger partial charge in [0.05, 0.1) is 19.0 Å². The maximum absolute atomic E-state index is 11.5. The summed E-state index contributed by atoms with van der Waals surface area (Å²) in [6.45, 7) is 8.56. The molecular weight excluding hydrogens is 532 g/mol. The number of carboxylic acids is 1. The minimum Gasteiger partial charge on any atom is -0.488 e. The van der Waals surface area contributed by atoms with Crippen LogP contribution in [0.5, 0.6) is 11.6 Å². The summed E-state index contributed by atoms with van der Waals surface area (Å²) in [5.41, 5.74) is 7.77. The van der Waals surface area contributed by atoms with Crippen molar-refractivity contribution in [1.29, 1.82) is 0 Å². The molecule has 42 heavy (non-hydrogen) atoms. The van der Waals surface area contributed by atoms with Crippen LogP contribution < -0.4 is 14.8 Å². The van der Waals surface area contributed by atoms with Crippen molar-refractivity contribution in [3.63, 3.8) is 0 Å². The van der Waals surface area contributed by atoms with Crippen molar-refractivity contribution < 1.29 is 24.1 Å². The van der Waals surface area contributed by atoms with Crippen LogP contribution in [0.1, 0.15) is 57.4 Å². The highest BCUT2D eigenvalue weighted by Crippen LogP contribution is 2.34. The highest BCUT2D eigenvalue weighted by atomic mass is 16.5. The van der Waals surface area contributed by atoms with Crippen LogP contribution in [0.4, 0.5) is 0 Å². The van der Waals surface area contributed by atoms with Crippen molar-refractivity contribution in [1.82, 2.24) is 20.1 Å². The molecule has 0 unspecified atom stereocenters. The molecule has 4 heterocycles. The summed E-state index contributed by atoms with van der Waals surface area (Å²) in [5, 5.41) is 17.0. The molecule has 0 aliphatic carbocycles. The van der Waals surface area contributed by atoms with Crippen molar-refractivity contribution in [3.8, 4) is 28.7 Å². The zero-order valence-corrected chi connectivity index (χ0v) is 24.5. The Bertz CT molecular complexity index is 1530. The van der Waals surface area contributed by atoms with E-state index < -0.39 is 5.97 Å². The van der Waals surface area contributed by atoms with Gasteiger partial charge in [-0.15, -0.1) is 0 Å². The Morgan fingerprint density at radius 2 is 1.88 bits per heavy atom. The first-order valence-electron chi connectivity index (χ1n) is 14.4. The summed E-state index contributed by atoms with van der Waals surface area (Å²) in [6, 6.07) is 15.8. The largest absolute Gasteiger partial charge is 0.488 e. The number of aryl methyl sites for hydroxylation is 1. The Kier molecular flexibility index (Phi) is 9.51. The number of hydrogen-bond acceptors (Lipinski definition) is 7. The molecule has 0 saturated carbocycles. The Morgan fingerprint density at radius 3 is 2.60 bits per heavy atom. The van der Waals surface area contributed by atoms with E-state index in [1.807, 2.05) is 37.3 Å².